The Morgan fingerprint density at radius 1 is 1.16 bits per heavy atom. The van der Waals surface area contributed by atoms with Crippen molar-refractivity contribution in [2.75, 3.05) is 26.2 Å². The van der Waals surface area contributed by atoms with Gasteiger partial charge in [-0.3, -0.25) is 9.59 Å². The molecule has 2 rings (SSSR count). The van der Waals surface area contributed by atoms with Crippen LogP contribution >= 0.6 is 0 Å². The van der Waals surface area contributed by atoms with Crippen LogP contribution in [0.3, 0.4) is 0 Å². The molecule has 2 aliphatic rings. The number of hydrogen-bond acceptors (Lipinski definition) is 3. The fourth-order valence-corrected chi connectivity index (χ4v) is 2.71. The maximum atomic E-state index is 12.3. The van der Waals surface area contributed by atoms with E-state index >= 15 is 0 Å². The van der Waals surface area contributed by atoms with Gasteiger partial charge in [-0.1, -0.05) is 13.3 Å². The Hall–Kier alpha value is -1.10. The van der Waals surface area contributed by atoms with E-state index in [1.54, 1.807) is 6.92 Å². The molecular weight excluding hydrogens is 242 g/mol. The van der Waals surface area contributed by atoms with Gasteiger partial charge in [0.2, 0.25) is 11.8 Å². The highest BCUT2D eigenvalue weighted by Gasteiger charge is 2.37. The molecule has 0 radical (unpaired) electrons. The third-order valence-electron chi connectivity index (χ3n) is 4.06. The Morgan fingerprint density at radius 2 is 1.68 bits per heavy atom. The van der Waals surface area contributed by atoms with Crippen molar-refractivity contribution in [1.82, 2.24) is 9.80 Å². The van der Waals surface area contributed by atoms with E-state index in [1.165, 1.54) is 0 Å². The minimum Gasteiger partial charge on any atom is -0.339 e. The number of nitrogens with zero attached hydrogens (tertiary/aromatic N) is 2. The summed E-state index contributed by atoms with van der Waals surface area (Å²) in [5.41, 5.74) is 5.32. The highest BCUT2D eigenvalue weighted by Crippen LogP contribution is 2.31. The molecule has 0 aromatic heterocycles. The first kappa shape index (κ1) is 14.3. The molecule has 108 valence electrons. The van der Waals surface area contributed by atoms with Gasteiger partial charge in [0.25, 0.3) is 0 Å². The van der Waals surface area contributed by atoms with Crippen molar-refractivity contribution in [3.63, 3.8) is 0 Å². The van der Waals surface area contributed by atoms with Gasteiger partial charge in [0.1, 0.15) is 0 Å². The van der Waals surface area contributed by atoms with Crippen molar-refractivity contribution in [2.45, 2.75) is 45.1 Å². The summed E-state index contributed by atoms with van der Waals surface area (Å²) in [7, 11) is 0. The van der Waals surface area contributed by atoms with Crippen molar-refractivity contribution in [3.05, 3.63) is 0 Å². The number of carbonyl (C=O) groups is 2. The van der Waals surface area contributed by atoms with E-state index in [1.807, 2.05) is 16.7 Å². The fourth-order valence-electron chi connectivity index (χ4n) is 2.71. The molecule has 1 atom stereocenters. The minimum absolute atomic E-state index is 0.0212. The molecule has 1 aliphatic heterocycles. The maximum absolute atomic E-state index is 12.3. The largest absolute Gasteiger partial charge is 0.339 e. The lowest BCUT2D eigenvalue weighted by molar-refractivity contribution is -0.143. The number of carbonyl (C=O) groups excluding carboxylic acids is 2. The Balaban J connectivity index is 1.85. The summed E-state index contributed by atoms with van der Waals surface area (Å²) < 4.78 is 0. The smallest absolute Gasteiger partial charge is 0.242 e. The molecule has 0 aromatic rings. The van der Waals surface area contributed by atoms with E-state index in [-0.39, 0.29) is 17.7 Å². The molecule has 1 aliphatic carbocycles. The van der Waals surface area contributed by atoms with Crippen molar-refractivity contribution in [3.8, 4) is 0 Å². The molecule has 1 saturated heterocycles. The summed E-state index contributed by atoms with van der Waals surface area (Å²) in [4.78, 5) is 28.0. The average Bonchev–Trinajstić information content (AvgIpc) is 3.21. The lowest BCUT2D eigenvalue weighted by atomic mass is 9.95. The van der Waals surface area contributed by atoms with Gasteiger partial charge in [-0.05, 0) is 26.2 Å². The van der Waals surface area contributed by atoms with Gasteiger partial charge in [0.15, 0.2) is 0 Å². The minimum atomic E-state index is -0.766. The summed E-state index contributed by atoms with van der Waals surface area (Å²) in [5.74, 6) is 0.561. The van der Waals surface area contributed by atoms with Crippen LogP contribution in [-0.4, -0.2) is 53.3 Å². The van der Waals surface area contributed by atoms with Crippen LogP contribution in [0.4, 0.5) is 0 Å². The summed E-state index contributed by atoms with van der Waals surface area (Å²) in [6, 6.07) is 0. The molecule has 2 amide bonds. The van der Waals surface area contributed by atoms with Gasteiger partial charge in [-0.2, -0.15) is 0 Å². The Kier molecular flexibility index (Phi) is 4.13. The van der Waals surface area contributed by atoms with E-state index in [4.69, 9.17) is 5.73 Å². The predicted molar refractivity (Wildman–Crippen MR) is 73.4 cm³/mol. The number of amides is 2. The second kappa shape index (κ2) is 5.49. The van der Waals surface area contributed by atoms with Crippen molar-refractivity contribution < 1.29 is 9.59 Å². The zero-order valence-corrected chi connectivity index (χ0v) is 12.0. The summed E-state index contributed by atoms with van der Waals surface area (Å²) in [5, 5.41) is 0. The van der Waals surface area contributed by atoms with Crippen LogP contribution in [0.5, 0.6) is 0 Å². The lowest BCUT2D eigenvalue weighted by Crippen LogP contribution is -2.58. The third-order valence-corrected chi connectivity index (χ3v) is 4.06. The van der Waals surface area contributed by atoms with Crippen LogP contribution in [0.25, 0.3) is 0 Å². The molecule has 5 heteroatoms. The molecule has 1 heterocycles. The van der Waals surface area contributed by atoms with Gasteiger partial charge in [-0.25, -0.2) is 0 Å². The van der Waals surface area contributed by atoms with E-state index in [0.717, 1.165) is 19.3 Å². The van der Waals surface area contributed by atoms with Crippen molar-refractivity contribution >= 4 is 11.8 Å². The van der Waals surface area contributed by atoms with E-state index in [9.17, 15) is 9.59 Å². The predicted octanol–water partition coefficient (Wildman–Crippen LogP) is 0.585. The quantitative estimate of drug-likeness (QED) is 0.810. The molecule has 5 nitrogen and oxygen atoms in total. The summed E-state index contributed by atoms with van der Waals surface area (Å²) in [6.07, 6.45) is 3.68. The maximum Gasteiger partial charge on any atom is 0.242 e. The zero-order chi connectivity index (χ0) is 14.0. The van der Waals surface area contributed by atoms with Gasteiger partial charge in [0.05, 0.1) is 5.54 Å². The summed E-state index contributed by atoms with van der Waals surface area (Å²) >= 11 is 0. The van der Waals surface area contributed by atoms with Crippen LogP contribution < -0.4 is 5.73 Å². The van der Waals surface area contributed by atoms with Gasteiger partial charge >= 0.3 is 0 Å². The Bertz CT molecular complexity index is 356. The first-order valence-electron chi connectivity index (χ1n) is 7.32. The Morgan fingerprint density at radius 3 is 2.16 bits per heavy atom. The number of rotatable bonds is 4. The second-order valence-electron chi connectivity index (χ2n) is 6.06. The van der Waals surface area contributed by atoms with Crippen molar-refractivity contribution in [1.29, 1.82) is 0 Å². The van der Waals surface area contributed by atoms with Gasteiger partial charge in [-0.15, -0.1) is 0 Å². The SMILES string of the molecule is CCCC(C)(N)C(=O)N1CCN(C(=O)C2CC2)CC1. The first-order valence-corrected chi connectivity index (χ1v) is 7.32. The second-order valence-corrected chi connectivity index (χ2v) is 6.06. The lowest BCUT2D eigenvalue weighted by Gasteiger charge is -2.38. The van der Waals surface area contributed by atoms with Crippen molar-refractivity contribution in [2.24, 2.45) is 11.7 Å². The molecule has 2 fully saturated rings. The highest BCUT2D eigenvalue weighted by molar-refractivity contribution is 5.86. The van der Waals surface area contributed by atoms with Crippen LogP contribution in [0.2, 0.25) is 0 Å². The molecule has 1 unspecified atom stereocenters. The average molecular weight is 267 g/mol. The number of piperazine rings is 1. The molecule has 1 saturated carbocycles. The topological polar surface area (TPSA) is 66.6 Å². The molecule has 19 heavy (non-hydrogen) atoms. The Labute approximate surface area is 115 Å². The standard InChI is InChI=1S/C14H25N3O2/c1-3-6-14(2,15)13(19)17-9-7-16(8-10-17)12(18)11-4-5-11/h11H,3-10,15H2,1-2H3. The third kappa shape index (κ3) is 3.26. The van der Waals surface area contributed by atoms with Crippen LogP contribution in [0.1, 0.15) is 39.5 Å². The number of nitrogens with two attached hydrogens (primary N) is 1. The summed E-state index contributed by atoms with van der Waals surface area (Å²) in [6.45, 7) is 6.39. The van der Waals surface area contributed by atoms with Gasteiger partial charge < -0.3 is 15.5 Å². The van der Waals surface area contributed by atoms with Crippen LogP contribution in [0.15, 0.2) is 0 Å². The van der Waals surface area contributed by atoms with E-state index < -0.39 is 5.54 Å². The molecular formula is C14H25N3O2. The van der Waals surface area contributed by atoms with E-state index in [0.29, 0.717) is 32.6 Å². The zero-order valence-electron chi connectivity index (χ0n) is 12.0. The first-order chi connectivity index (χ1) is 8.95. The number of hydrogen-bond donors (Lipinski definition) is 1. The van der Waals surface area contributed by atoms with Crippen LogP contribution in [0, 0.1) is 5.92 Å². The highest BCUT2D eigenvalue weighted by atomic mass is 16.2. The molecule has 0 spiro atoms. The monoisotopic (exact) mass is 267 g/mol. The molecule has 2 N–H and O–H groups in total. The van der Waals surface area contributed by atoms with E-state index in [2.05, 4.69) is 0 Å². The van der Waals surface area contributed by atoms with Gasteiger partial charge in [0, 0.05) is 32.1 Å². The molecule has 0 aromatic carbocycles. The molecule has 0 bridgehead atoms. The van der Waals surface area contributed by atoms with Crippen LogP contribution in [-0.2, 0) is 9.59 Å². The fraction of sp³-hybridized carbons (Fsp3) is 0.857. The normalized spacial score (nSPS) is 23.1.